The molecule has 112 valence electrons. The second kappa shape index (κ2) is 5.56. The standard InChI is InChI=1S/C12H17F3N4O/c1-11(2,10(16)20)6-18-9-5-7(12(13,14)15)4-8(17-3)19-9/h4-5H,6H2,1-3H3,(H2,16,20)(H2,17,18,19). The molecule has 0 saturated carbocycles. The number of aromatic nitrogens is 1. The van der Waals surface area contributed by atoms with Crippen molar-refractivity contribution < 1.29 is 18.0 Å². The van der Waals surface area contributed by atoms with Crippen molar-refractivity contribution in [1.29, 1.82) is 0 Å². The van der Waals surface area contributed by atoms with Crippen LogP contribution in [0.2, 0.25) is 0 Å². The maximum absolute atomic E-state index is 12.7. The Balaban J connectivity index is 2.98. The summed E-state index contributed by atoms with van der Waals surface area (Å²) in [6, 6.07) is 1.79. The minimum Gasteiger partial charge on any atom is -0.373 e. The fourth-order valence-corrected chi connectivity index (χ4v) is 1.31. The fourth-order valence-electron chi connectivity index (χ4n) is 1.31. The van der Waals surface area contributed by atoms with Gasteiger partial charge in [-0.05, 0) is 26.0 Å². The van der Waals surface area contributed by atoms with Crippen molar-refractivity contribution in [2.24, 2.45) is 11.1 Å². The maximum Gasteiger partial charge on any atom is 0.416 e. The highest BCUT2D eigenvalue weighted by Gasteiger charge is 2.32. The smallest absolute Gasteiger partial charge is 0.373 e. The Labute approximate surface area is 114 Å². The van der Waals surface area contributed by atoms with Gasteiger partial charge in [-0.2, -0.15) is 13.2 Å². The Morgan fingerprint density at radius 2 is 1.85 bits per heavy atom. The van der Waals surface area contributed by atoms with E-state index in [2.05, 4.69) is 15.6 Å². The summed E-state index contributed by atoms with van der Waals surface area (Å²) in [5.74, 6) is -0.441. The lowest BCUT2D eigenvalue weighted by molar-refractivity contribution is -0.137. The molecule has 0 fully saturated rings. The summed E-state index contributed by atoms with van der Waals surface area (Å²) >= 11 is 0. The van der Waals surface area contributed by atoms with Gasteiger partial charge in [-0.15, -0.1) is 0 Å². The molecule has 0 radical (unpaired) electrons. The molecule has 1 aromatic heterocycles. The highest BCUT2D eigenvalue weighted by atomic mass is 19.4. The number of carbonyl (C=O) groups is 1. The summed E-state index contributed by atoms with van der Waals surface area (Å²) in [6.45, 7) is 3.27. The van der Waals surface area contributed by atoms with Crippen molar-refractivity contribution in [3.63, 3.8) is 0 Å². The van der Waals surface area contributed by atoms with Crippen molar-refractivity contribution in [1.82, 2.24) is 4.98 Å². The van der Waals surface area contributed by atoms with Crippen molar-refractivity contribution in [2.45, 2.75) is 20.0 Å². The SMILES string of the molecule is CNc1cc(C(F)(F)F)cc(NCC(C)(C)C(N)=O)n1. The molecular formula is C12H17F3N4O. The summed E-state index contributed by atoms with van der Waals surface area (Å²) in [6.07, 6.45) is -4.47. The lowest BCUT2D eigenvalue weighted by Gasteiger charge is -2.21. The van der Waals surface area contributed by atoms with Gasteiger partial charge in [-0.3, -0.25) is 4.79 Å². The minimum atomic E-state index is -4.47. The number of pyridine rings is 1. The van der Waals surface area contributed by atoms with Crippen LogP contribution in [0.15, 0.2) is 12.1 Å². The molecule has 0 spiro atoms. The Hall–Kier alpha value is -1.99. The number of carbonyl (C=O) groups excluding carboxylic acids is 1. The van der Waals surface area contributed by atoms with Crippen molar-refractivity contribution in [3.8, 4) is 0 Å². The molecule has 8 heteroatoms. The summed E-state index contributed by atoms with van der Waals surface area (Å²) in [4.78, 5) is 15.1. The molecule has 0 aliphatic rings. The molecular weight excluding hydrogens is 273 g/mol. The van der Waals surface area contributed by atoms with E-state index in [9.17, 15) is 18.0 Å². The molecule has 1 aromatic rings. The highest BCUT2D eigenvalue weighted by molar-refractivity contribution is 5.80. The first-order valence-electron chi connectivity index (χ1n) is 5.87. The van der Waals surface area contributed by atoms with E-state index in [0.29, 0.717) is 0 Å². The first-order valence-corrected chi connectivity index (χ1v) is 5.87. The molecule has 1 amide bonds. The van der Waals surface area contributed by atoms with E-state index in [0.717, 1.165) is 12.1 Å². The number of nitrogens with one attached hydrogen (secondary N) is 2. The molecule has 0 atom stereocenters. The summed E-state index contributed by atoms with van der Waals surface area (Å²) in [5, 5.41) is 5.26. The van der Waals surface area contributed by atoms with Crippen LogP contribution in [0, 0.1) is 5.41 Å². The first kappa shape index (κ1) is 16.1. The number of alkyl halides is 3. The van der Waals surface area contributed by atoms with E-state index in [-0.39, 0.29) is 18.2 Å². The number of anilines is 2. The molecule has 1 rings (SSSR count). The maximum atomic E-state index is 12.7. The zero-order chi connectivity index (χ0) is 15.6. The number of halogens is 3. The van der Waals surface area contributed by atoms with E-state index < -0.39 is 23.1 Å². The van der Waals surface area contributed by atoms with Crippen LogP contribution in [-0.2, 0) is 11.0 Å². The predicted octanol–water partition coefficient (Wildman–Crippen LogP) is 2.07. The molecule has 4 N–H and O–H groups in total. The van der Waals surface area contributed by atoms with Crippen molar-refractivity contribution in [2.75, 3.05) is 24.2 Å². The number of nitrogens with two attached hydrogens (primary N) is 1. The zero-order valence-electron chi connectivity index (χ0n) is 11.4. The van der Waals surface area contributed by atoms with Gasteiger partial charge >= 0.3 is 6.18 Å². The van der Waals surface area contributed by atoms with Crippen LogP contribution < -0.4 is 16.4 Å². The quantitative estimate of drug-likeness (QED) is 0.775. The third-order valence-corrected chi connectivity index (χ3v) is 2.79. The van der Waals surface area contributed by atoms with Crippen LogP contribution in [0.5, 0.6) is 0 Å². The van der Waals surface area contributed by atoms with Gasteiger partial charge < -0.3 is 16.4 Å². The van der Waals surface area contributed by atoms with E-state index in [1.54, 1.807) is 13.8 Å². The van der Waals surface area contributed by atoms with Crippen molar-refractivity contribution >= 4 is 17.5 Å². The number of amides is 1. The van der Waals surface area contributed by atoms with Gasteiger partial charge in [0.15, 0.2) is 0 Å². The van der Waals surface area contributed by atoms with Gasteiger partial charge in [0.1, 0.15) is 11.6 Å². The molecule has 0 bridgehead atoms. The molecule has 0 aliphatic carbocycles. The van der Waals surface area contributed by atoms with E-state index >= 15 is 0 Å². The molecule has 1 heterocycles. The van der Waals surface area contributed by atoms with E-state index in [1.807, 2.05) is 0 Å². The van der Waals surface area contributed by atoms with E-state index in [4.69, 9.17) is 5.73 Å². The normalized spacial score (nSPS) is 12.1. The molecule has 0 aliphatic heterocycles. The van der Waals surface area contributed by atoms with Crippen LogP contribution in [0.25, 0.3) is 0 Å². The zero-order valence-corrected chi connectivity index (χ0v) is 11.4. The molecule has 5 nitrogen and oxygen atoms in total. The van der Waals surface area contributed by atoms with Gasteiger partial charge in [0, 0.05) is 13.6 Å². The Bertz CT molecular complexity index is 500. The Kier molecular flexibility index (Phi) is 4.46. The second-order valence-corrected chi connectivity index (χ2v) is 4.98. The minimum absolute atomic E-state index is 0.0264. The molecule has 0 saturated heterocycles. The molecule has 0 aromatic carbocycles. The number of primary amides is 1. The third kappa shape index (κ3) is 4.01. The van der Waals surface area contributed by atoms with Crippen LogP contribution in [0.3, 0.4) is 0 Å². The Morgan fingerprint density at radius 3 is 2.30 bits per heavy atom. The highest BCUT2D eigenvalue weighted by Crippen LogP contribution is 2.32. The number of hydrogen-bond acceptors (Lipinski definition) is 4. The lowest BCUT2D eigenvalue weighted by atomic mass is 9.93. The summed E-state index contributed by atoms with van der Waals surface area (Å²) in [5.41, 5.74) is 3.48. The summed E-state index contributed by atoms with van der Waals surface area (Å²) in [7, 11) is 1.47. The number of rotatable bonds is 5. The first-order chi connectivity index (χ1) is 9.06. The van der Waals surface area contributed by atoms with Crippen LogP contribution in [0.1, 0.15) is 19.4 Å². The van der Waals surface area contributed by atoms with Gasteiger partial charge in [-0.1, -0.05) is 0 Å². The lowest BCUT2D eigenvalue weighted by Crippen LogP contribution is -2.37. The van der Waals surface area contributed by atoms with E-state index in [1.165, 1.54) is 7.05 Å². The van der Waals surface area contributed by atoms with Crippen molar-refractivity contribution in [3.05, 3.63) is 17.7 Å². The average molecular weight is 290 g/mol. The molecule has 20 heavy (non-hydrogen) atoms. The summed E-state index contributed by atoms with van der Waals surface area (Å²) < 4.78 is 38.2. The number of nitrogens with zero attached hydrogens (tertiary/aromatic N) is 1. The van der Waals surface area contributed by atoms with Crippen LogP contribution in [-0.4, -0.2) is 24.5 Å². The van der Waals surface area contributed by atoms with Gasteiger partial charge in [0.2, 0.25) is 5.91 Å². The topological polar surface area (TPSA) is 80.0 Å². The monoisotopic (exact) mass is 290 g/mol. The average Bonchev–Trinajstić information content (AvgIpc) is 2.34. The van der Waals surface area contributed by atoms with Gasteiger partial charge in [0.25, 0.3) is 0 Å². The molecule has 0 unspecified atom stereocenters. The van der Waals surface area contributed by atoms with Crippen LogP contribution in [0.4, 0.5) is 24.8 Å². The second-order valence-electron chi connectivity index (χ2n) is 4.98. The number of hydrogen-bond donors (Lipinski definition) is 3. The van der Waals surface area contributed by atoms with Crippen LogP contribution >= 0.6 is 0 Å². The van der Waals surface area contributed by atoms with Gasteiger partial charge in [-0.25, -0.2) is 4.98 Å². The third-order valence-electron chi connectivity index (χ3n) is 2.79. The fraction of sp³-hybridized carbons (Fsp3) is 0.500. The van der Waals surface area contributed by atoms with Gasteiger partial charge in [0.05, 0.1) is 11.0 Å². The Morgan fingerprint density at radius 1 is 1.30 bits per heavy atom. The largest absolute Gasteiger partial charge is 0.416 e. The predicted molar refractivity (Wildman–Crippen MR) is 70.3 cm³/mol.